The number of piperazine rings is 1. The Balaban J connectivity index is 1.81. The van der Waals surface area contributed by atoms with E-state index in [1.54, 1.807) is 31.2 Å². The number of benzene rings is 1. The van der Waals surface area contributed by atoms with E-state index in [0.29, 0.717) is 5.56 Å². The molecule has 1 fully saturated rings. The van der Waals surface area contributed by atoms with Gasteiger partial charge in [-0.2, -0.15) is 4.98 Å². The fraction of sp³-hybridized carbons (Fsp3) is 0.500. The van der Waals surface area contributed by atoms with E-state index in [-0.39, 0.29) is 82.3 Å². The number of nitrogens with one attached hydrogen (secondary N) is 1. The van der Waals surface area contributed by atoms with Gasteiger partial charge in [0.1, 0.15) is 24.4 Å². The summed E-state index contributed by atoms with van der Waals surface area (Å²) in [6.07, 6.45) is -1.32. The monoisotopic (exact) mass is 587 g/mol. The van der Waals surface area contributed by atoms with Crippen LogP contribution >= 0.6 is 0 Å². The van der Waals surface area contributed by atoms with Crippen LogP contribution in [0.2, 0.25) is 0 Å². The highest BCUT2D eigenvalue weighted by Crippen LogP contribution is 2.20. The molecule has 3 amide bonds. The summed E-state index contributed by atoms with van der Waals surface area (Å²) in [5.41, 5.74) is 0.565. The molecule has 1 aromatic carbocycles. The molecule has 0 spiro atoms. The van der Waals surface area contributed by atoms with Crippen molar-refractivity contribution in [3.63, 3.8) is 0 Å². The SMILES string of the molecule is CCOC(=O)N1CCN(C(=O)[C@H](CCC(=O)O)NC(=O)c2cc(OC[C@H](COC)OC)nc(-c3ccccc3)n2)CC1. The van der Waals surface area contributed by atoms with Crippen LogP contribution in [-0.4, -0.2) is 121 Å². The zero-order chi connectivity index (χ0) is 30.5. The molecule has 3 rings (SSSR count). The van der Waals surface area contributed by atoms with Gasteiger partial charge >= 0.3 is 12.1 Å². The molecule has 2 heterocycles. The van der Waals surface area contributed by atoms with E-state index in [2.05, 4.69) is 15.3 Å². The van der Waals surface area contributed by atoms with Gasteiger partial charge in [-0.25, -0.2) is 9.78 Å². The molecule has 228 valence electrons. The van der Waals surface area contributed by atoms with Crippen LogP contribution < -0.4 is 10.1 Å². The largest absolute Gasteiger partial charge is 0.481 e. The summed E-state index contributed by atoms with van der Waals surface area (Å²) in [5, 5.41) is 11.9. The number of nitrogens with zero attached hydrogens (tertiary/aromatic N) is 4. The van der Waals surface area contributed by atoms with Crippen molar-refractivity contribution in [3.05, 3.63) is 42.1 Å². The normalized spacial score (nSPS) is 14.5. The summed E-state index contributed by atoms with van der Waals surface area (Å²) in [5.74, 6) is -1.93. The Hall–Kier alpha value is -4.30. The van der Waals surface area contributed by atoms with Crippen LogP contribution in [0.15, 0.2) is 36.4 Å². The standard InChI is InChI=1S/C28H37N5O9/c1-4-41-28(38)33-14-12-32(13-15-33)27(37)21(10-11-24(34)35)30-26(36)22-16-23(42-18-20(40-3)17-39-2)31-25(29-22)19-8-6-5-7-9-19/h5-9,16,20-21H,4,10-15,17-18H2,1-3H3,(H,30,36)(H,34,35)/t20-,21-/m0/s1. The maximum Gasteiger partial charge on any atom is 0.409 e. The van der Waals surface area contributed by atoms with Gasteiger partial charge in [-0.1, -0.05) is 30.3 Å². The van der Waals surface area contributed by atoms with E-state index in [9.17, 15) is 24.3 Å². The molecule has 2 aromatic rings. The first kappa shape index (κ1) is 32.2. The number of carboxylic acids is 1. The fourth-order valence-corrected chi connectivity index (χ4v) is 4.18. The van der Waals surface area contributed by atoms with Crippen molar-refractivity contribution in [1.29, 1.82) is 0 Å². The molecule has 0 unspecified atom stereocenters. The number of methoxy groups -OCH3 is 2. The lowest BCUT2D eigenvalue weighted by Crippen LogP contribution is -2.56. The number of carboxylic acid groups (broad SMARTS) is 1. The second-order valence-electron chi connectivity index (χ2n) is 9.37. The molecule has 14 heteroatoms. The molecule has 0 aliphatic carbocycles. The first-order valence-electron chi connectivity index (χ1n) is 13.6. The quantitative estimate of drug-likeness (QED) is 0.328. The maximum absolute atomic E-state index is 13.4. The lowest BCUT2D eigenvalue weighted by Gasteiger charge is -2.35. The number of hydrogen-bond donors (Lipinski definition) is 2. The van der Waals surface area contributed by atoms with E-state index in [0.717, 1.165) is 0 Å². The molecule has 42 heavy (non-hydrogen) atoms. The van der Waals surface area contributed by atoms with Crippen molar-refractivity contribution in [1.82, 2.24) is 25.1 Å². The molecule has 0 radical (unpaired) electrons. The fourth-order valence-electron chi connectivity index (χ4n) is 4.18. The Kier molecular flexibility index (Phi) is 12.4. The van der Waals surface area contributed by atoms with E-state index in [4.69, 9.17) is 18.9 Å². The third-order valence-electron chi connectivity index (χ3n) is 6.44. The number of carbonyl (C=O) groups is 4. The maximum atomic E-state index is 13.4. The highest BCUT2D eigenvalue weighted by molar-refractivity contribution is 5.96. The zero-order valence-corrected chi connectivity index (χ0v) is 24.0. The molecule has 1 saturated heterocycles. The summed E-state index contributed by atoms with van der Waals surface area (Å²) >= 11 is 0. The van der Waals surface area contributed by atoms with Crippen molar-refractivity contribution < 1.29 is 43.2 Å². The van der Waals surface area contributed by atoms with Crippen LogP contribution in [0.25, 0.3) is 11.4 Å². The van der Waals surface area contributed by atoms with Gasteiger partial charge in [0.25, 0.3) is 5.91 Å². The van der Waals surface area contributed by atoms with E-state index in [1.807, 2.05) is 6.07 Å². The number of hydrogen-bond acceptors (Lipinski definition) is 10. The minimum atomic E-state index is -1.14. The van der Waals surface area contributed by atoms with Crippen molar-refractivity contribution in [2.24, 2.45) is 0 Å². The number of rotatable bonds is 14. The van der Waals surface area contributed by atoms with Crippen LogP contribution in [0, 0.1) is 0 Å². The van der Waals surface area contributed by atoms with Gasteiger partial charge < -0.3 is 39.2 Å². The minimum Gasteiger partial charge on any atom is -0.481 e. The van der Waals surface area contributed by atoms with Crippen LogP contribution in [0.3, 0.4) is 0 Å². The third-order valence-corrected chi connectivity index (χ3v) is 6.44. The minimum absolute atomic E-state index is 0.0696. The second-order valence-corrected chi connectivity index (χ2v) is 9.37. The molecule has 1 aliphatic rings. The lowest BCUT2D eigenvalue weighted by atomic mass is 10.1. The molecule has 2 N–H and O–H groups in total. The average Bonchev–Trinajstić information content (AvgIpc) is 3.01. The average molecular weight is 588 g/mol. The smallest absolute Gasteiger partial charge is 0.409 e. The Labute approximate surface area is 243 Å². The van der Waals surface area contributed by atoms with E-state index >= 15 is 0 Å². The Morgan fingerprint density at radius 1 is 1.00 bits per heavy atom. The molecule has 1 aromatic heterocycles. The van der Waals surface area contributed by atoms with Gasteiger partial charge in [0.15, 0.2) is 5.82 Å². The van der Waals surface area contributed by atoms with Gasteiger partial charge in [0, 0.05) is 58.4 Å². The topological polar surface area (TPSA) is 170 Å². The van der Waals surface area contributed by atoms with Gasteiger partial charge in [-0.3, -0.25) is 14.4 Å². The molecule has 14 nitrogen and oxygen atoms in total. The Morgan fingerprint density at radius 3 is 2.31 bits per heavy atom. The van der Waals surface area contributed by atoms with Crippen LogP contribution in [0.4, 0.5) is 4.79 Å². The van der Waals surface area contributed by atoms with E-state index in [1.165, 1.54) is 30.1 Å². The Morgan fingerprint density at radius 2 is 1.69 bits per heavy atom. The van der Waals surface area contributed by atoms with Gasteiger partial charge in [0.05, 0.1) is 13.2 Å². The van der Waals surface area contributed by atoms with Gasteiger partial charge in [-0.05, 0) is 13.3 Å². The molecule has 1 aliphatic heterocycles. The van der Waals surface area contributed by atoms with Crippen LogP contribution in [-0.2, 0) is 23.8 Å². The summed E-state index contributed by atoms with van der Waals surface area (Å²) < 4.78 is 21.3. The zero-order valence-electron chi connectivity index (χ0n) is 24.0. The van der Waals surface area contributed by atoms with Crippen molar-refractivity contribution >= 4 is 23.9 Å². The highest BCUT2D eigenvalue weighted by Gasteiger charge is 2.31. The number of aliphatic carboxylic acids is 1. The predicted molar refractivity (Wildman–Crippen MR) is 149 cm³/mol. The molecular formula is C28H37N5O9. The van der Waals surface area contributed by atoms with Crippen molar-refractivity contribution in [3.8, 4) is 17.3 Å². The van der Waals surface area contributed by atoms with Crippen LogP contribution in [0.1, 0.15) is 30.3 Å². The first-order chi connectivity index (χ1) is 20.2. The van der Waals surface area contributed by atoms with Crippen LogP contribution in [0.5, 0.6) is 5.88 Å². The summed E-state index contributed by atoms with van der Waals surface area (Å²) in [7, 11) is 3.06. The molecule has 2 atom stereocenters. The number of aromatic nitrogens is 2. The summed E-state index contributed by atoms with van der Waals surface area (Å²) in [6.45, 7) is 3.25. The summed E-state index contributed by atoms with van der Waals surface area (Å²) in [6, 6.07) is 9.19. The Bertz CT molecular complexity index is 1210. The second kappa shape index (κ2) is 16.2. The third kappa shape index (κ3) is 9.38. The number of carbonyl (C=O) groups excluding carboxylic acids is 3. The molecule has 0 bridgehead atoms. The van der Waals surface area contributed by atoms with Gasteiger partial charge in [0.2, 0.25) is 11.8 Å². The lowest BCUT2D eigenvalue weighted by molar-refractivity contribution is -0.138. The number of amides is 3. The number of ether oxygens (including phenoxy) is 4. The van der Waals surface area contributed by atoms with Crippen molar-refractivity contribution in [2.75, 3.05) is 60.2 Å². The molecule has 0 saturated carbocycles. The molecular weight excluding hydrogens is 550 g/mol. The summed E-state index contributed by atoms with van der Waals surface area (Å²) in [4.78, 5) is 62.0. The first-order valence-corrected chi connectivity index (χ1v) is 13.6. The highest BCUT2D eigenvalue weighted by atomic mass is 16.6. The van der Waals surface area contributed by atoms with Gasteiger partial charge in [-0.15, -0.1) is 0 Å². The van der Waals surface area contributed by atoms with E-state index < -0.39 is 29.9 Å². The van der Waals surface area contributed by atoms with Crippen molar-refractivity contribution in [2.45, 2.75) is 31.9 Å². The predicted octanol–water partition coefficient (Wildman–Crippen LogP) is 1.45.